The Morgan fingerprint density at radius 2 is 1.79 bits per heavy atom. The van der Waals surface area contributed by atoms with Gasteiger partial charge in [-0.15, -0.1) is 0 Å². The average Bonchev–Trinajstić information content (AvgIpc) is 3.17. The molecule has 0 aliphatic carbocycles. The van der Waals surface area contributed by atoms with Crippen molar-refractivity contribution in [3.8, 4) is 0 Å². The number of sulfone groups is 1. The lowest BCUT2D eigenvalue weighted by molar-refractivity contribution is 0.199. The molecule has 1 aromatic heterocycles. The number of rotatable bonds is 10. The predicted molar refractivity (Wildman–Crippen MR) is 113 cm³/mol. The monoisotopic (exact) mass is 404 g/mol. The third kappa shape index (κ3) is 4.88. The Bertz CT molecular complexity index is 873. The number of aryl methyl sites for hydroxylation is 2. The number of ether oxygens (including phenoxy) is 1. The quantitative estimate of drug-likeness (QED) is 0.465. The average molecular weight is 405 g/mol. The summed E-state index contributed by atoms with van der Waals surface area (Å²) in [7, 11) is -3.60. The maximum Gasteiger partial charge on any atom is 0.190 e. The highest BCUT2D eigenvalue weighted by Gasteiger charge is 2.42. The van der Waals surface area contributed by atoms with Gasteiger partial charge >= 0.3 is 0 Å². The Morgan fingerprint density at radius 1 is 1.11 bits per heavy atom. The van der Waals surface area contributed by atoms with Gasteiger partial charge in [0.2, 0.25) is 0 Å². The minimum absolute atomic E-state index is 0.325. The molecule has 0 amide bonds. The molecular weight excluding hydrogens is 372 g/mol. The van der Waals surface area contributed by atoms with E-state index in [2.05, 4.69) is 6.92 Å². The molecule has 0 atom stereocenters. The first-order valence-corrected chi connectivity index (χ1v) is 11.4. The van der Waals surface area contributed by atoms with Crippen molar-refractivity contribution in [3.05, 3.63) is 65.3 Å². The smallest absolute Gasteiger partial charge is 0.190 e. The van der Waals surface area contributed by atoms with E-state index in [4.69, 9.17) is 9.15 Å². The second-order valence-corrected chi connectivity index (χ2v) is 9.98. The van der Waals surface area contributed by atoms with Gasteiger partial charge in [0.1, 0.15) is 16.3 Å². The standard InChI is InChI=1S/C23H32O4S/c1-6-19(10-8-11-20-12-9-17-27-20)22(26-7-2)23(4,5)28(24,25)21-15-13-18(3)14-16-21/h9,12-17H,6-8,10-11H2,1-5H3/b22-19+. The van der Waals surface area contributed by atoms with Gasteiger partial charge in [0.05, 0.1) is 17.8 Å². The summed E-state index contributed by atoms with van der Waals surface area (Å²) in [5, 5.41) is 0. The minimum atomic E-state index is -3.60. The Labute approximate surface area is 169 Å². The van der Waals surface area contributed by atoms with Crippen molar-refractivity contribution in [2.24, 2.45) is 0 Å². The van der Waals surface area contributed by atoms with Crippen LogP contribution in [0.15, 0.2) is 63.3 Å². The number of hydrogen-bond donors (Lipinski definition) is 0. The first-order valence-electron chi connectivity index (χ1n) is 9.93. The molecule has 0 spiro atoms. The summed E-state index contributed by atoms with van der Waals surface area (Å²) in [4.78, 5) is 0.325. The molecule has 2 aromatic rings. The number of benzene rings is 1. The lowest BCUT2D eigenvalue weighted by Crippen LogP contribution is -2.36. The van der Waals surface area contributed by atoms with Crippen LogP contribution in [0.5, 0.6) is 0 Å². The van der Waals surface area contributed by atoms with Gasteiger partial charge in [-0.05, 0) is 76.8 Å². The van der Waals surface area contributed by atoms with Gasteiger partial charge < -0.3 is 9.15 Å². The van der Waals surface area contributed by atoms with Crippen molar-refractivity contribution in [3.63, 3.8) is 0 Å². The van der Waals surface area contributed by atoms with Crippen molar-refractivity contribution in [2.75, 3.05) is 6.61 Å². The normalized spacial score (nSPS) is 13.3. The molecule has 0 saturated carbocycles. The van der Waals surface area contributed by atoms with E-state index in [0.29, 0.717) is 17.3 Å². The summed E-state index contributed by atoms with van der Waals surface area (Å²) >= 11 is 0. The largest absolute Gasteiger partial charge is 0.497 e. The fraction of sp³-hybridized carbons (Fsp3) is 0.478. The summed E-state index contributed by atoms with van der Waals surface area (Å²) in [6.45, 7) is 9.82. The number of allylic oxidation sites excluding steroid dienone is 1. The van der Waals surface area contributed by atoms with Gasteiger partial charge in [0, 0.05) is 6.42 Å². The Hall–Kier alpha value is -2.01. The van der Waals surface area contributed by atoms with Gasteiger partial charge in [-0.3, -0.25) is 0 Å². The molecule has 1 heterocycles. The summed E-state index contributed by atoms with van der Waals surface area (Å²) in [5.41, 5.74) is 2.08. The molecule has 0 fully saturated rings. The molecule has 1 aromatic carbocycles. The van der Waals surface area contributed by atoms with Gasteiger partial charge in [0.15, 0.2) is 9.84 Å². The van der Waals surface area contributed by atoms with E-state index in [9.17, 15) is 8.42 Å². The van der Waals surface area contributed by atoms with E-state index in [1.807, 2.05) is 38.1 Å². The molecule has 0 bridgehead atoms. The van der Waals surface area contributed by atoms with E-state index in [-0.39, 0.29) is 0 Å². The Kier molecular flexibility index (Phi) is 7.53. The van der Waals surface area contributed by atoms with Crippen molar-refractivity contribution in [1.82, 2.24) is 0 Å². The van der Waals surface area contributed by atoms with Crippen LogP contribution < -0.4 is 0 Å². The molecule has 0 radical (unpaired) electrons. The van der Waals surface area contributed by atoms with Crippen LogP contribution in [-0.4, -0.2) is 19.8 Å². The van der Waals surface area contributed by atoms with E-state index in [1.54, 1.807) is 32.2 Å². The fourth-order valence-electron chi connectivity index (χ4n) is 3.36. The number of hydrogen-bond acceptors (Lipinski definition) is 4. The molecule has 0 saturated heterocycles. The molecule has 4 nitrogen and oxygen atoms in total. The summed E-state index contributed by atoms with van der Waals surface area (Å²) in [6.07, 6.45) is 4.91. The number of furan rings is 1. The van der Waals surface area contributed by atoms with Gasteiger partial charge in [-0.25, -0.2) is 8.42 Å². The van der Waals surface area contributed by atoms with Crippen molar-refractivity contribution < 1.29 is 17.6 Å². The third-order valence-corrected chi connectivity index (χ3v) is 7.49. The van der Waals surface area contributed by atoms with Gasteiger partial charge in [0.25, 0.3) is 0 Å². The van der Waals surface area contributed by atoms with Crippen LogP contribution >= 0.6 is 0 Å². The molecule has 5 heteroatoms. The van der Waals surface area contributed by atoms with Gasteiger partial charge in [-0.1, -0.05) is 24.6 Å². The van der Waals surface area contributed by atoms with E-state index >= 15 is 0 Å². The van der Waals surface area contributed by atoms with Crippen molar-refractivity contribution in [1.29, 1.82) is 0 Å². The third-order valence-electron chi connectivity index (χ3n) is 5.07. The maximum absolute atomic E-state index is 13.4. The second-order valence-electron chi connectivity index (χ2n) is 7.48. The summed E-state index contributed by atoms with van der Waals surface area (Å²) in [6, 6.07) is 10.9. The van der Waals surface area contributed by atoms with Crippen LogP contribution in [0.4, 0.5) is 0 Å². The summed E-state index contributed by atoms with van der Waals surface area (Å²) < 4.78 is 37.1. The molecular formula is C23H32O4S. The highest BCUT2D eigenvalue weighted by molar-refractivity contribution is 7.93. The zero-order valence-electron chi connectivity index (χ0n) is 17.6. The van der Waals surface area contributed by atoms with E-state index < -0.39 is 14.6 Å². The highest BCUT2D eigenvalue weighted by atomic mass is 32.2. The zero-order chi connectivity index (χ0) is 20.8. The zero-order valence-corrected chi connectivity index (χ0v) is 18.4. The fourth-order valence-corrected chi connectivity index (χ4v) is 4.89. The molecule has 0 aliphatic heterocycles. The molecule has 0 N–H and O–H groups in total. The SMILES string of the molecule is CCO/C(=C(\CC)CCCc1ccco1)C(C)(C)S(=O)(=O)c1ccc(C)cc1. The molecule has 154 valence electrons. The molecule has 0 unspecified atom stereocenters. The first-order chi connectivity index (χ1) is 13.2. The van der Waals surface area contributed by atoms with Gasteiger partial charge in [-0.2, -0.15) is 0 Å². The van der Waals surface area contributed by atoms with Crippen LogP contribution in [0.25, 0.3) is 0 Å². The van der Waals surface area contributed by atoms with Crippen LogP contribution in [0, 0.1) is 6.92 Å². The second kappa shape index (κ2) is 9.46. The van der Waals surface area contributed by atoms with Crippen LogP contribution in [0.2, 0.25) is 0 Å². The minimum Gasteiger partial charge on any atom is -0.497 e. The highest BCUT2D eigenvalue weighted by Crippen LogP contribution is 2.36. The van der Waals surface area contributed by atoms with Crippen molar-refractivity contribution in [2.45, 2.75) is 69.9 Å². The first kappa shape index (κ1) is 22.3. The lowest BCUT2D eigenvalue weighted by Gasteiger charge is -2.30. The topological polar surface area (TPSA) is 56.5 Å². The molecule has 28 heavy (non-hydrogen) atoms. The lowest BCUT2D eigenvalue weighted by atomic mass is 9.98. The molecule has 2 rings (SSSR count). The Morgan fingerprint density at radius 3 is 2.32 bits per heavy atom. The van der Waals surface area contributed by atoms with Crippen molar-refractivity contribution >= 4 is 9.84 Å². The Balaban J connectivity index is 2.35. The maximum atomic E-state index is 13.4. The van der Waals surface area contributed by atoms with Crippen LogP contribution in [0.3, 0.4) is 0 Å². The van der Waals surface area contributed by atoms with E-state index in [0.717, 1.165) is 42.6 Å². The predicted octanol–water partition coefficient (Wildman–Crippen LogP) is 5.86. The molecule has 0 aliphatic rings. The summed E-state index contributed by atoms with van der Waals surface area (Å²) in [5.74, 6) is 1.53. The van der Waals surface area contributed by atoms with E-state index in [1.165, 1.54) is 0 Å². The van der Waals surface area contributed by atoms with Crippen LogP contribution in [0.1, 0.15) is 58.3 Å². The van der Waals surface area contributed by atoms with Crippen LogP contribution in [-0.2, 0) is 21.0 Å².